The van der Waals surface area contributed by atoms with Gasteiger partial charge in [0.25, 0.3) is 0 Å². The van der Waals surface area contributed by atoms with E-state index in [1.54, 1.807) is 33.9 Å². The van der Waals surface area contributed by atoms with Gasteiger partial charge in [0, 0.05) is 28.7 Å². The first-order valence-electron chi connectivity index (χ1n) is 10.3. The normalized spacial score (nSPS) is 21.7. The molecule has 5 rings (SSSR count). The highest BCUT2D eigenvalue weighted by Crippen LogP contribution is 2.48. The first kappa shape index (κ1) is 19.8. The van der Waals surface area contributed by atoms with Crippen LogP contribution >= 0.6 is 11.6 Å². The Hall–Kier alpha value is -3.19. The molecular weight excluding hydrogens is 416 g/mol. The summed E-state index contributed by atoms with van der Waals surface area (Å²) in [4.78, 5) is 44.1. The van der Waals surface area contributed by atoms with Crippen LogP contribution in [-0.4, -0.2) is 44.1 Å². The number of hydrogen-bond acceptors (Lipinski definition) is 4. The van der Waals surface area contributed by atoms with Crippen molar-refractivity contribution in [3.05, 3.63) is 59.4 Å². The molecule has 7 nitrogen and oxygen atoms in total. The number of amides is 2. The van der Waals surface area contributed by atoms with E-state index < -0.39 is 6.04 Å². The number of hydrogen-bond donors (Lipinski definition) is 1. The van der Waals surface area contributed by atoms with E-state index in [0.717, 1.165) is 17.3 Å². The Balaban J connectivity index is 1.38. The second-order valence-corrected chi connectivity index (χ2v) is 8.58. The summed E-state index contributed by atoms with van der Waals surface area (Å²) in [5, 5.41) is 3.90. The summed E-state index contributed by atoms with van der Waals surface area (Å²) in [5.41, 5.74) is 1.42. The molecule has 0 spiro atoms. The van der Waals surface area contributed by atoms with Crippen molar-refractivity contribution in [2.75, 3.05) is 5.32 Å². The summed E-state index contributed by atoms with van der Waals surface area (Å²) in [5.74, 6) is 0.309. The highest BCUT2D eigenvalue weighted by Gasteiger charge is 2.56. The summed E-state index contributed by atoms with van der Waals surface area (Å²) in [6.45, 7) is 1.60. The molecule has 2 aliphatic rings. The minimum atomic E-state index is -0.536. The molecule has 1 aromatic carbocycles. The van der Waals surface area contributed by atoms with Crippen molar-refractivity contribution >= 4 is 45.9 Å². The molecule has 2 aromatic heterocycles. The molecule has 3 heterocycles. The Morgan fingerprint density at radius 2 is 1.94 bits per heavy atom. The number of carbonyl (C=O) groups excluding carboxylic acids is 3. The second-order valence-electron chi connectivity index (χ2n) is 8.19. The van der Waals surface area contributed by atoms with Crippen LogP contribution in [0, 0.1) is 5.92 Å². The third kappa shape index (κ3) is 3.59. The van der Waals surface area contributed by atoms with Gasteiger partial charge in [-0.05, 0) is 43.9 Å². The lowest BCUT2D eigenvalue weighted by Gasteiger charge is -2.27. The van der Waals surface area contributed by atoms with Gasteiger partial charge >= 0.3 is 0 Å². The molecule has 1 aliphatic carbocycles. The average molecular weight is 437 g/mol. The van der Waals surface area contributed by atoms with Crippen LogP contribution in [0.1, 0.15) is 30.1 Å². The van der Waals surface area contributed by atoms with Crippen LogP contribution in [0.5, 0.6) is 0 Å². The van der Waals surface area contributed by atoms with Crippen molar-refractivity contribution < 1.29 is 14.4 Å². The van der Waals surface area contributed by atoms with Crippen LogP contribution < -0.4 is 5.32 Å². The fraction of sp³-hybridized carbons (Fsp3) is 0.304. The van der Waals surface area contributed by atoms with E-state index in [2.05, 4.69) is 10.3 Å². The summed E-state index contributed by atoms with van der Waals surface area (Å²) in [6, 6.07) is 12.1. The number of halogens is 1. The number of Topliss-reactive ketones (excluding diaryl/α,β-unsaturated/α-hetero) is 1. The van der Waals surface area contributed by atoms with E-state index in [1.165, 1.54) is 6.92 Å². The molecule has 2 amide bonds. The predicted octanol–water partition coefficient (Wildman–Crippen LogP) is 3.52. The topological polar surface area (TPSA) is 84.3 Å². The van der Waals surface area contributed by atoms with Crippen molar-refractivity contribution in [1.82, 2.24) is 14.5 Å². The van der Waals surface area contributed by atoms with Crippen molar-refractivity contribution in [3.63, 3.8) is 0 Å². The van der Waals surface area contributed by atoms with Crippen LogP contribution in [0.4, 0.5) is 5.82 Å². The summed E-state index contributed by atoms with van der Waals surface area (Å²) < 4.78 is 1.80. The quantitative estimate of drug-likeness (QED) is 0.490. The Labute approximate surface area is 184 Å². The maximum Gasteiger partial charge on any atom is 0.248 e. The lowest BCUT2D eigenvalue weighted by Crippen LogP contribution is -2.46. The van der Waals surface area contributed by atoms with Crippen LogP contribution in [0.3, 0.4) is 0 Å². The van der Waals surface area contributed by atoms with Crippen LogP contribution in [0.25, 0.3) is 10.9 Å². The number of ketones is 1. The minimum Gasteiger partial charge on any atom is -0.337 e. The minimum absolute atomic E-state index is 0.0443. The van der Waals surface area contributed by atoms with E-state index in [-0.39, 0.29) is 30.2 Å². The van der Waals surface area contributed by atoms with Gasteiger partial charge in [-0.1, -0.05) is 35.9 Å². The number of benzene rings is 1. The van der Waals surface area contributed by atoms with Gasteiger partial charge in [0.2, 0.25) is 11.8 Å². The van der Waals surface area contributed by atoms with Crippen molar-refractivity contribution in [1.29, 1.82) is 0 Å². The van der Waals surface area contributed by atoms with Gasteiger partial charge in [-0.15, -0.1) is 0 Å². The molecule has 0 unspecified atom stereocenters. The maximum absolute atomic E-state index is 13.3. The highest BCUT2D eigenvalue weighted by atomic mass is 35.5. The lowest BCUT2D eigenvalue weighted by molar-refractivity contribution is -0.138. The smallest absolute Gasteiger partial charge is 0.248 e. The fourth-order valence-electron chi connectivity index (χ4n) is 4.62. The zero-order valence-corrected chi connectivity index (χ0v) is 17.7. The summed E-state index contributed by atoms with van der Waals surface area (Å²) in [7, 11) is 0. The molecule has 1 N–H and O–H groups in total. The number of para-hydroxylation sites is 1. The number of nitrogens with one attached hydrogen (secondary N) is 1. The number of fused-ring (bicyclic) bond motifs is 2. The second kappa shape index (κ2) is 7.50. The van der Waals surface area contributed by atoms with Crippen LogP contribution in [0.15, 0.2) is 48.7 Å². The van der Waals surface area contributed by atoms with Crippen LogP contribution in [-0.2, 0) is 16.1 Å². The number of aromatic nitrogens is 2. The molecule has 0 radical (unpaired) electrons. The molecule has 2 fully saturated rings. The van der Waals surface area contributed by atoms with Gasteiger partial charge in [0.05, 0.1) is 0 Å². The first-order chi connectivity index (χ1) is 14.9. The summed E-state index contributed by atoms with van der Waals surface area (Å²) >= 11 is 5.91. The monoisotopic (exact) mass is 436 g/mol. The SMILES string of the molecule is CC(=O)c1cn(CC(=O)N2[C@@H]3C[C@@H]3C[C@H]2C(=O)Nc2cccc(Cl)n2)c2ccccc12. The van der Waals surface area contributed by atoms with Gasteiger partial charge in [-0.3, -0.25) is 14.4 Å². The molecule has 0 bridgehead atoms. The Kier molecular flexibility index (Phi) is 4.78. The standard InChI is InChI=1S/C23H21ClN4O3/c1-13(29)16-11-27(17-6-3-2-5-15(16)17)12-22(30)28-18-9-14(18)10-19(28)23(31)26-21-8-4-7-20(24)25-21/h2-8,11,14,18-19H,9-10,12H2,1H3,(H,25,26,31)/t14-,18-,19+/m1/s1. The number of piperidine rings is 1. The maximum atomic E-state index is 13.3. The molecule has 31 heavy (non-hydrogen) atoms. The van der Waals surface area contributed by atoms with Crippen molar-refractivity contribution in [2.24, 2.45) is 5.92 Å². The van der Waals surface area contributed by atoms with E-state index >= 15 is 0 Å². The van der Waals surface area contributed by atoms with Crippen molar-refractivity contribution in [2.45, 2.75) is 38.4 Å². The third-order valence-corrected chi connectivity index (χ3v) is 6.35. The number of pyridine rings is 1. The van der Waals surface area contributed by atoms with E-state index in [0.29, 0.717) is 28.9 Å². The first-order valence-corrected chi connectivity index (χ1v) is 10.6. The zero-order chi connectivity index (χ0) is 21.7. The molecule has 3 aromatic rings. The molecule has 3 atom stereocenters. The average Bonchev–Trinajstić information content (AvgIpc) is 3.24. The highest BCUT2D eigenvalue weighted by molar-refractivity contribution is 6.29. The molecule has 1 saturated carbocycles. The Morgan fingerprint density at radius 1 is 1.13 bits per heavy atom. The van der Waals surface area contributed by atoms with E-state index in [4.69, 9.17) is 11.6 Å². The van der Waals surface area contributed by atoms with Crippen molar-refractivity contribution in [3.8, 4) is 0 Å². The summed E-state index contributed by atoms with van der Waals surface area (Å²) in [6.07, 6.45) is 3.31. The molecule has 8 heteroatoms. The Morgan fingerprint density at radius 3 is 2.71 bits per heavy atom. The zero-order valence-electron chi connectivity index (χ0n) is 16.9. The fourth-order valence-corrected chi connectivity index (χ4v) is 4.79. The number of likely N-dealkylation sites (tertiary alicyclic amines) is 1. The van der Waals surface area contributed by atoms with Gasteiger partial charge < -0.3 is 14.8 Å². The van der Waals surface area contributed by atoms with Gasteiger partial charge in [-0.25, -0.2) is 4.98 Å². The Bertz CT molecular complexity index is 1220. The third-order valence-electron chi connectivity index (χ3n) is 6.13. The predicted molar refractivity (Wildman–Crippen MR) is 117 cm³/mol. The number of nitrogens with zero attached hydrogens (tertiary/aromatic N) is 3. The molecular formula is C23H21ClN4O3. The number of anilines is 1. The van der Waals surface area contributed by atoms with Gasteiger partial charge in [0.15, 0.2) is 5.78 Å². The van der Waals surface area contributed by atoms with E-state index in [9.17, 15) is 14.4 Å². The molecule has 158 valence electrons. The largest absolute Gasteiger partial charge is 0.337 e. The number of carbonyl (C=O) groups is 3. The van der Waals surface area contributed by atoms with Gasteiger partial charge in [0.1, 0.15) is 23.6 Å². The lowest BCUT2D eigenvalue weighted by atomic mass is 10.1. The number of rotatable bonds is 5. The van der Waals surface area contributed by atoms with E-state index in [1.807, 2.05) is 24.3 Å². The molecule has 1 aliphatic heterocycles. The van der Waals surface area contributed by atoms with Crippen LogP contribution in [0.2, 0.25) is 5.15 Å². The van der Waals surface area contributed by atoms with Gasteiger partial charge in [-0.2, -0.15) is 0 Å². The molecule has 1 saturated heterocycles.